The second-order valence-electron chi connectivity index (χ2n) is 6.04. The number of hydrazine groups is 1. The minimum Gasteiger partial charge on any atom is -0.496 e. The Morgan fingerprint density at radius 3 is 2.63 bits per heavy atom. The lowest BCUT2D eigenvalue weighted by molar-refractivity contribution is 0.255. The number of rotatable bonds is 5. The molecule has 9 heteroatoms. The number of hydrogen-bond acceptors (Lipinski definition) is 7. The molecular weight excluding hydrogens is 387 g/mol. The monoisotopic (exact) mass is 402 g/mol. The van der Waals surface area contributed by atoms with Gasteiger partial charge in [0.05, 0.1) is 35.4 Å². The lowest BCUT2D eigenvalue weighted by Crippen LogP contribution is -2.31. The Morgan fingerprint density at radius 2 is 1.93 bits per heavy atom. The first-order chi connectivity index (χ1) is 13.2. The predicted octanol–water partition coefficient (Wildman–Crippen LogP) is 3.24. The Morgan fingerprint density at radius 1 is 1.11 bits per heavy atom. The molecule has 27 heavy (non-hydrogen) atoms. The summed E-state index contributed by atoms with van der Waals surface area (Å²) in [6.45, 7) is 1.19. The Bertz CT molecular complexity index is 998. The lowest BCUT2D eigenvalue weighted by atomic mass is 10.0. The molecule has 1 aliphatic heterocycles. The van der Waals surface area contributed by atoms with Crippen LogP contribution < -0.4 is 10.2 Å². The molecule has 1 aromatic carbocycles. The maximum absolute atomic E-state index is 6.28. The van der Waals surface area contributed by atoms with Gasteiger partial charge in [-0.15, -0.1) is 0 Å². The van der Waals surface area contributed by atoms with Gasteiger partial charge in [0.25, 0.3) is 0 Å². The molecule has 0 unspecified atom stereocenters. The van der Waals surface area contributed by atoms with E-state index in [1.165, 1.54) is 0 Å². The molecule has 4 rings (SSSR count). The highest BCUT2D eigenvalue weighted by Crippen LogP contribution is 2.32. The van der Waals surface area contributed by atoms with Gasteiger partial charge in [-0.3, -0.25) is 9.98 Å². The molecule has 0 saturated heterocycles. The summed E-state index contributed by atoms with van der Waals surface area (Å²) in [7, 11) is 1.66. The summed E-state index contributed by atoms with van der Waals surface area (Å²) in [5.41, 5.74) is 5.68. The molecule has 138 valence electrons. The molecule has 0 bridgehead atoms. The second-order valence-corrected chi connectivity index (χ2v) is 6.85. The quantitative estimate of drug-likeness (QED) is 0.705. The zero-order valence-corrected chi connectivity index (χ0v) is 16.0. The van der Waals surface area contributed by atoms with Crippen molar-refractivity contribution in [3.05, 3.63) is 57.6 Å². The van der Waals surface area contributed by atoms with E-state index in [1.807, 2.05) is 17.1 Å². The van der Waals surface area contributed by atoms with Crippen LogP contribution >= 0.6 is 23.2 Å². The first-order valence-corrected chi connectivity index (χ1v) is 9.00. The third kappa shape index (κ3) is 3.53. The van der Waals surface area contributed by atoms with Crippen molar-refractivity contribution in [2.45, 2.75) is 13.0 Å². The maximum Gasteiger partial charge on any atom is 0.124 e. The van der Waals surface area contributed by atoms with Gasteiger partial charge in [0.15, 0.2) is 0 Å². The normalized spacial score (nSPS) is 13.9. The molecule has 2 aromatic heterocycles. The van der Waals surface area contributed by atoms with Crippen LogP contribution in [0.2, 0.25) is 10.0 Å². The first kappa shape index (κ1) is 17.9. The largest absolute Gasteiger partial charge is 0.496 e. The number of aliphatic imine (C=N–C) groups is 1. The van der Waals surface area contributed by atoms with Crippen LogP contribution in [0, 0.1) is 0 Å². The van der Waals surface area contributed by atoms with Crippen LogP contribution in [0.5, 0.6) is 5.75 Å². The van der Waals surface area contributed by atoms with Gasteiger partial charge in [0.1, 0.15) is 12.4 Å². The molecule has 0 spiro atoms. The van der Waals surface area contributed by atoms with Crippen LogP contribution in [0.25, 0.3) is 10.8 Å². The molecule has 0 atom stereocenters. The summed E-state index contributed by atoms with van der Waals surface area (Å²) in [6.07, 6.45) is 7.05. The molecule has 1 N–H and O–H groups in total. The highest BCUT2D eigenvalue weighted by molar-refractivity contribution is 6.35. The smallest absolute Gasteiger partial charge is 0.124 e. The second kappa shape index (κ2) is 7.64. The topological polar surface area (TPSA) is 75.5 Å². The van der Waals surface area contributed by atoms with E-state index in [0.717, 1.165) is 33.3 Å². The van der Waals surface area contributed by atoms with E-state index in [0.29, 0.717) is 29.7 Å². The Balaban J connectivity index is 1.79. The van der Waals surface area contributed by atoms with Gasteiger partial charge in [-0.25, -0.2) is 0 Å². The van der Waals surface area contributed by atoms with Crippen LogP contribution in [0.15, 0.2) is 35.7 Å². The number of benzene rings is 1. The van der Waals surface area contributed by atoms with Crippen molar-refractivity contribution in [2.24, 2.45) is 4.99 Å². The van der Waals surface area contributed by atoms with E-state index in [1.54, 1.807) is 32.0 Å². The molecule has 0 radical (unpaired) electrons. The van der Waals surface area contributed by atoms with Gasteiger partial charge in [0, 0.05) is 41.7 Å². The van der Waals surface area contributed by atoms with Gasteiger partial charge in [-0.1, -0.05) is 23.2 Å². The summed E-state index contributed by atoms with van der Waals surface area (Å²) >= 11 is 12.6. The van der Waals surface area contributed by atoms with Crippen molar-refractivity contribution in [1.82, 2.24) is 25.6 Å². The zero-order valence-electron chi connectivity index (χ0n) is 14.5. The van der Waals surface area contributed by atoms with E-state index in [2.05, 4.69) is 25.6 Å². The van der Waals surface area contributed by atoms with Crippen molar-refractivity contribution in [2.75, 3.05) is 13.8 Å². The highest BCUT2D eigenvalue weighted by atomic mass is 35.5. The average Bonchev–Trinajstić information content (AvgIpc) is 3.18. The predicted molar refractivity (Wildman–Crippen MR) is 105 cm³/mol. The fraction of sp³-hybridized carbons (Fsp3) is 0.222. The van der Waals surface area contributed by atoms with Crippen LogP contribution in [-0.4, -0.2) is 40.3 Å². The number of nitrogens with one attached hydrogen (secondary N) is 1. The molecular formula is C18H16Cl2N6O. The van der Waals surface area contributed by atoms with Gasteiger partial charge < -0.3 is 10.2 Å². The van der Waals surface area contributed by atoms with Crippen molar-refractivity contribution in [3.8, 4) is 5.75 Å². The van der Waals surface area contributed by atoms with E-state index >= 15 is 0 Å². The van der Waals surface area contributed by atoms with E-state index < -0.39 is 0 Å². The standard InChI is InChI=1S/C18H16Cl2N6O/c1-27-18-3-2-11-13(14(18)8-26-10-22-9-24-26)5-23-25-17(11)4-12-15(19)6-21-7-16(12)20/h2-3,5-7,9H,4,8,10H2,1H3,(H,22,24). The van der Waals surface area contributed by atoms with Gasteiger partial charge in [0.2, 0.25) is 0 Å². The van der Waals surface area contributed by atoms with Crippen LogP contribution in [0.3, 0.4) is 0 Å². The van der Waals surface area contributed by atoms with Crippen molar-refractivity contribution >= 4 is 40.3 Å². The molecule has 3 heterocycles. The third-order valence-electron chi connectivity index (χ3n) is 4.44. The van der Waals surface area contributed by atoms with E-state index in [4.69, 9.17) is 27.9 Å². The number of pyridine rings is 1. The molecule has 3 aromatic rings. The Kier molecular flexibility index (Phi) is 5.07. The molecule has 0 amide bonds. The van der Waals surface area contributed by atoms with E-state index in [9.17, 15) is 0 Å². The number of hydrogen-bond donors (Lipinski definition) is 1. The Labute approximate surface area is 166 Å². The third-order valence-corrected chi connectivity index (χ3v) is 5.09. The van der Waals surface area contributed by atoms with Crippen LogP contribution in [-0.2, 0) is 13.0 Å². The number of ether oxygens (including phenoxy) is 1. The number of halogens is 2. The number of aromatic nitrogens is 3. The number of nitrogens with zero attached hydrogens (tertiary/aromatic N) is 5. The molecule has 0 aliphatic carbocycles. The zero-order chi connectivity index (χ0) is 18.8. The van der Waals surface area contributed by atoms with Crippen molar-refractivity contribution in [1.29, 1.82) is 0 Å². The maximum atomic E-state index is 6.28. The summed E-state index contributed by atoms with van der Waals surface area (Å²) in [6, 6.07) is 3.92. The lowest BCUT2D eigenvalue weighted by Gasteiger charge is -2.19. The van der Waals surface area contributed by atoms with Gasteiger partial charge in [-0.2, -0.15) is 15.2 Å². The van der Waals surface area contributed by atoms with Gasteiger partial charge >= 0.3 is 0 Å². The minimum absolute atomic E-state index is 0.460. The summed E-state index contributed by atoms with van der Waals surface area (Å²) in [4.78, 5) is 8.18. The number of fused-ring (bicyclic) bond motifs is 1. The fourth-order valence-corrected chi connectivity index (χ4v) is 3.60. The van der Waals surface area contributed by atoms with Crippen LogP contribution in [0.1, 0.15) is 16.8 Å². The SMILES string of the molecule is COc1ccc2c(Cc3c(Cl)cncc3Cl)nncc2c1CN1CN=CN1. The first-order valence-electron chi connectivity index (χ1n) is 8.25. The molecule has 0 saturated carbocycles. The summed E-state index contributed by atoms with van der Waals surface area (Å²) < 4.78 is 5.57. The van der Waals surface area contributed by atoms with Crippen molar-refractivity contribution in [3.63, 3.8) is 0 Å². The van der Waals surface area contributed by atoms with Crippen molar-refractivity contribution < 1.29 is 4.74 Å². The molecule has 7 nitrogen and oxygen atoms in total. The number of methoxy groups -OCH3 is 1. The molecule has 1 aliphatic rings. The van der Waals surface area contributed by atoms with Gasteiger partial charge in [-0.05, 0) is 17.7 Å². The average molecular weight is 403 g/mol. The minimum atomic E-state index is 0.460. The Hall–Kier alpha value is -2.48. The van der Waals surface area contributed by atoms with Crippen LogP contribution in [0.4, 0.5) is 0 Å². The highest BCUT2D eigenvalue weighted by Gasteiger charge is 2.18. The molecule has 0 fully saturated rings. The summed E-state index contributed by atoms with van der Waals surface area (Å²) in [5, 5.41) is 13.5. The fourth-order valence-electron chi connectivity index (χ4n) is 3.10. The van der Waals surface area contributed by atoms with E-state index in [-0.39, 0.29) is 0 Å². The summed E-state index contributed by atoms with van der Waals surface area (Å²) in [5.74, 6) is 0.787.